The summed E-state index contributed by atoms with van der Waals surface area (Å²) in [5, 5.41) is 10.1. The Balaban J connectivity index is 1.61. The second kappa shape index (κ2) is 9.88. The lowest BCUT2D eigenvalue weighted by molar-refractivity contribution is 0.185. The molecular weight excluding hydrogens is 306 g/mol. The third-order valence-electron chi connectivity index (χ3n) is 4.37. The van der Waals surface area contributed by atoms with Crippen molar-refractivity contribution in [2.75, 3.05) is 39.8 Å². The van der Waals surface area contributed by atoms with Crippen LogP contribution >= 0.6 is 11.3 Å². The van der Waals surface area contributed by atoms with Gasteiger partial charge in [0.25, 0.3) is 0 Å². The van der Waals surface area contributed by atoms with Crippen LogP contribution < -0.4 is 10.6 Å². The van der Waals surface area contributed by atoms with Crippen LogP contribution in [0.5, 0.6) is 0 Å². The standard InChI is InChI=1S/C17H31N5S/c1-4-9-22-10-6-15(7-11-22)12-20-17(18-3)19-8-5-16-13-23-14(2)21-16/h13,15H,4-12H2,1-3H3,(H2,18,19,20). The molecule has 0 bridgehead atoms. The molecule has 1 aliphatic heterocycles. The van der Waals surface area contributed by atoms with Crippen LogP contribution in [0, 0.1) is 12.8 Å². The Kier molecular flexibility index (Phi) is 7.82. The zero-order chi connectivity index (χ0) is 16.5. The minimum atomic E-state index is 0.767. The van der Waals surface area contributed by atoms with Crippen molar-refractivity contribution in [2.45, 2.75) is 39.5 Å². The van der Waals surface area contributed by atoms with Gasteiger partial charge < -0.3 is 15.5 Å². The van der Waals surface area contributed by atoms with Crippen molar-refractivity contribution >= 4 is 17.3 Å². The van der Waals surface area contributed by atoms with E-state index in [0.717, 1.165) is 36.4 Å². The summed E-state index contributed by atoms with van der Waals surface area (Å²) in [4.78, 5) is 11.4. The van der Waals surface area contributed by atoms with Crippen molar-refractivity contribution in [3.63, 3.8) is 0 Å². The number of nitrogens with zero attached hydrogens (tertiary/aromatic N) is 3. The van der Waals surface area contributed by atoms with Gasteiger partial charge in [-0.2, -0.15) is 0 Å². The predicted octanol–water partition coefficient (Wildman–Crippen LogP) is 2.28. The fourth-order valence-corrected chi connectivity index (χ4v) is 3.67. The smallest absolute Gasteiger partial charge is 0.190 e. The van der Waals surface area contributed by atoms with Gasteiger partial charge in [-0.3, -0.25) is 4.99 Å². The Labute approximate surface area is 144 Å². The van der Waals surface area contributed by atoms with Crippen LogP contribution in [0.25, 0.3) is 0 Å². The molecule has 5 nitrogen and oxygen atoms in total. The maximum Gasteiger partial charge on any atom is 0.190 e. The topological polar surface area (TPSA) is 52.5 Å². The molecule has 0 radical (unpaired) electrons. The first-order valence-corrected chi connectivity index (χ1v) is 9.67. The molecule has 23 heavy (non-hydrogen) atoms. The fraction of sp³-hybridized carbons (Fsp3) is 0.765. The van der Waals surface area contributed by atoms with Gasteiger partial charge in [-0.1, -0.05) is 6.92 Å². The molecule has 0 atom stereocenters. The van der Waals surface area contributed by atoms with Crippen molar-refractivity contribution in [1.29, 1.82) is 0 Å². The van der Waals surface area contributed by atoms with Gasteiger partial charge in [0.1, 0.15) is 0 Å². The minimum absolute atomic E-state index is 0.767. The molecule has 0 saturated carbocycles. The highest BCUT2D eigenvalue weighted by Gasteiger charge is 2.18. The first-order valence-electron chi connectivity index (χ1n) is 8.79. The van der Waals surface area contributed by atoms with E-state index in [0.29, 0.717) is 0 Å². The van der Waals surface area contributed by atoms with Crippen LogP contribution in [0.2, 0.25) is 0 Å². The predicted molar refractivity (Wildman–Crippen MR) is 99.4 cm³/mol. The van der Waals surface area contributed by atoms with E-state index in [2.05, 4.69) is 37.8 Å². The zero-order valence-electron chi connectivity index (χ0n) is 14.8. The lowest BCUT2D eigenvalue weighted by atomic mass is 9.97. The Hall–Kier alpha value is -1.14. The van der Waals surface area contributed by atoms with Crippen molar-refractivity contribution in [3.8, 4) is 0 Å². The van der Waals surface area contributed by atoms with Crippen molar-refractivity contribution in [2.24, 2.45) is 10.9 Å². The molecule has 1 aromatic heterocycles. The van der Waals surface area contributed by atoms with Gasteiger partial charge in [-0.15, -0.1) is 11.3 Å². The monoisotopic (exact) mass is 337 g/mol. The van der Waals surface area contributed by atoms with E-state index in [1.165, 1.54) is 44.6 Å². The number of thiazole rings is 1. The zero-order valence-corrected chi connectivity index (χ0v) is 15.6. The minimum Gasteiger partial charge on any atom is -0.356 e. The van der Waals surface area contributed by atoms with Crippen LogP contribution in [0.3, 0.4) is 0 Å². The quantitative estimate of drug-likeness (QED) is 0.592. The lowest BCUT2D eigenvalue weighted by Crippen LogP contribution is -2.43. The van der Waals surface area contributed by atoms with Gasteiger partial charge >= 0.3 is 0 Å². The first-order chi connectivity index (χ1) is 11.2. The van der Waals surface area contributed by atoms with Crippen molar-refractivity contribution in [1.82, 2.24) is 20.5 Å². The van der Waals surface area contributed by atoms with Gasteiger partial charge in [0.05, 0.1) is 10.7 Å². The fourth-order valence-electron chi connectivity index (χ4n) is 3.02. The molecule has 1 aliphatic rings. The third kappa shape index (κ3) is 6.47. The van der Waals surface area contributed by atoms with Gasteiger partial charge in [0, 0.05) is 31.9 Å². The van der Waals surface area contributed by atoms with Crippen LogP contribution in [-0.2, 0) is 6.42 Å². The first kappa shape index (κ1) is 18.2. The molecule has 0 unspecified atom stereocenters. The third-order valence-corrected chi connectivity index (χ3v) is 5.19. The number of hydrogen-bond acceptors (Lipinski definition) is 4. The van der Waals surface area contributed by atoms with E-state index in [-0.39, 0.29) is 0 Å². The molecule has 1 aromatic rings. The number of likely N-dealkylation sites (tertiary alicyclic amines) is 1. The van der Waals surface area contributed by atoms with Crippen LogP contribution in [0.15, 0.2) is 10.4 Å². The van der Waals surface area contributed by atoms with Crippen LogP contribution in [-0.4, -0.2) is 55.6 Å². The summed E-state index contributed by atoms with van der Waals surface area (Å²) in [6, 6.07) is 0. The Morgan fingerprint density at radius 2 is 2.17 bits per heavy atom. The summed E-state index contributed by atoms with van der Waals surface area (Å²) in [7, 11) is 1.84. The molecule has 0 aromatic carbocycles. The Bertz CT molecular complexity index is 477. The average Bonchev–Trinajstić information content (AvgIpc) is 2.98. The van der Waals surface area contributed by atoms with E-state index >= 15 is 0 Å². The highest BCUT2D eigenvalue weighted by molar-refractivity contribution is 7.09. The number of aromatic nitrogens is 1. The molecule has 2 N–H and O–H groups in total. The summed E-state index contributed by atoms with van der Waals surface area (Å²) in [6.07, 6.45) is 4.79. The highest BCUT2D eigenvalue weighted by atomic mass is 32.1. The molecule has 1 fully saturated rings. The van der Waals surface area contributed by atoms with E-state index in [9.17, 15) is 0 Å². The van der Waals surface area contributed by atoms with Gasteiger partial charge in [0.15, 0.2) is 5.96 Å². The number of piperidine rings is 1. The summed E-state index contributed by atoms with van der Waals surface area (Å²) in [5.74, 6) is 1.68. The number of aliphatic imine (C=N–C) groups is 1. The summed E-state index contributed by atoms with van der Waals surface area (Å²) in [5.41, 5.74) is 1.17. The molecule has 2 heterocycles. The van der Waals surface area contributed by atoms with Crippen LogP contribution in [0.1, 0.15) is 36.9 Å². The van der Waals surface area contributed by atoms with Gasteiger partial charge in [0.2, 0.25) is 0 Å². The largest absolute Gasteiger partial charge is 0.356 e. The maximum absolute atomic E-state index is 4.49. The second-order valence-electron chi connectivity index (χ2n) is 6.27. The molecule has 1 saturated heterocycles. The van der Waals surface area contributed by atoms with E-state index in [1.807, 2.05) is 14.0 Å². The molecular formula is C17H31N5S. The molecule has 0 aliphatic carbocycles. The normalized spacial score (nSPS) is 17.4. The SMILES string of the molecule is CCCN1CCC(CNC(=NC)NCCc2csc(C)n2)CC1. The number of nitrogens with one attached hydrogen (secondary N) is 2. The molecule has 130 valence electrons. The Morgan fingerprint density at radius 1 is 1.39 bits per heavy atom. The molecule has 6 heteroatoms. The van der Waals surface area contributed by atoms with Crippen LogP contribution in [0.4, 0.5) is 0 Å². The summed E-state index contributed by atoms with van der Waals surface area (Å²) < 4.78 is 0. The number of aryl methyl sites for hydroxylation is 1. The van der Waals surface area contributed by atoms with E-state index < -0.39 is 0 Å². The summed E-state index contributed by atoms with van der Waals surface area (Å²) in [6.45, 7) is 9.95. The lowest BCUT2D eigenvalue weighted by Gasteiger charge is -2.32. The van der Waals surface area contributed by atoms with Gasteiger partial charge in [-0.25, -0.2) is 4.98 Å². The second-order valence-corrected chi connectivity index (χ2v) is 7.33. The van der Waals surface area contributed by atoms with Crippen molar-refractivity contribution in [3.05, 3.63) is 16.1 Å². The number of hydrogen-bond donors (Lipinski definition) is 2. The summed E-state index contributed by atoms with van der Waals surface area (Å²) >= 11 is 1.71. The highest BCUT2D eigenvalue weighted by Crippen LogP contribution is 2.16. The molecule has 2 rings (SSSR count). The molecule has 0 amide bonds. The number of rotatable bonds is 7. The molecule has 0 spiro atoms. The maximum atomic E-state index is 4.49. The Morgan fingerprint density at radius 3 is 2.78 bits per heavy atom. The average molecular weight is 338 g/mol. The van der Waals surface area contributed by atoms with E-state index in [1.54, 1.807) is 11.3 Å². The van der Waals surface area contributed by atoms with Crippen molar-refractivity contribution < 1.29 is 0 Å². The number of guanidine groups is 1. The van der Waals surface area contributed by atoms with Gasteiger partial charge in [-0.05, 0) is 51.7 Å². The van der Waals surface area contributed by atoms with E-state index in [4.69, 9.17) is 0 Å².